The van der Waals surface area contributed by atoms with E-state index in [0.717, 1.165) is 11.4 Å². The highest BCUT2D eigenvalue weighted by Crippen LogP contribution is 2.16. The molecule has 1 atom stereocenters. The minimum absolute atomic E-state index is 0.225. The summed E-state index contributed by atoms with van der Waals surface area (Å²) in [5.41, 5.74) is 2.33. The van der Waals surface area contributed by atoms with E-state index in [1.165, 1.54) is 10.6 Å². The Labute approximate surface area is 140 Å². The van der Waals surface area contributed by atoms with E-state index in [4.69, 9.17) is 4.84 Å². The van der Waals surface area contributed by atoms with Gasteiger partial charge in [0.15, 0.2) is 0 Å². The molecule has 9 nitrogen and oxygen atoms in total. The van der Waals surface area contributed by atoms with Crippen molar-refractivity contribution in [3.8, 4) is 0 Å². The van der Waals surface area contributed by atoms with Crippen LogP contribution >= 0.6 is 0 Å². The Bertz CT molecular complexity index is 770. The second kappa shape index (κ2) is 6.52. The number of carbonyl (C=O) groups is 1. The summed E-state index contributed by atoms with van der Waals surface area (Å²) in [5.74, 6) is -0.225. The number of nitrogens with one attached hydrogen (secondary N) is 1. The maximum Gasteiger partial charge on any atom is 0.264 e. The van der Waals surface area contributed by atoms with Crippen molar-refractivity contribution in [3.05, 3.63) is 17.5 Å². The molecule has 0 spiro atoms. The van der Waals surface area contributed by atoms with Gasteiger partial charge in [-0.2, -0.15) is 9.40 Å². The van der Waals surface area contributed by atoms with Crippen LogP contribution in [0.5, 0.6) is 0 Å². The van der Waals surface area contributed by atoms with Gasteiger partial charge in [-0.1, -0.05) is 5.16 Å². The SMILES string of the molecule is CC1=NO[C@H](C(=O)NCc2cc3n(n2)CCCN(S(C)(=O)=O)C3)C1. The molecule has 10 heteroatoms. The van der Waals surface area contributed by atoms with Gasteiger partial charge >= 0.3 is 0 Å². The van der Waals surface area contributed by atoms with Crippen LogP contribution in [0.25, 0.3) is 0 Å². The van der Waals surface area contributed by atoms with Gasteiger partial charge in [0.1, 0.15) is 0 Å². The zero-order chi connectivity index (χ0) is 17.3. The molecule has 1 N–H and O–H groups in total. The van der Waals surface area contributed by atoms with Gasteiger partial charge in [-0.15, -0.1) is 0 Å². The van der Waals surface area contributed by atoms with Crippen molar-refractivity contribution in [2.75, 3.05) is 12.8 Å². The van der Waals surface area contributed by atoms with Gasteiger partial charge in [-0.05, 0) is 19.4 Å². The first-order valence-corrected chi connectivity index (χ1v) is 9.65. The van der Waals surface area contributed by atoms with Crippen LogP contribution in [-0.2, 0) is 39.3 Å². The molecule has 0 radical (unpaired) electrons. The fraction of sp³-hybridized carbons (Fsp3) is 0.643. The average Bonchev–Trinajstić information content (AvgIpc) is 3.04. The van der Waals surface area contributed by atoms with Gasteiger partial charge in [-0.25, -0.2) is 8.42 Å². The van der Waals surface area contributed by atoms with Crippen molar-refractivity contribution < 1.29 is 18.0 Å². The number of sulfonamides is 1. The predicted octanol–water partition coefficient (Wildman–Crippen LogP) is -0.171. The number of rotatable bonds is 4. The van der Waals surface area contributed by atoms with Gasteiger partial charge in [0, 0.05) is 19.5 Å². The fourth-order valence-corrected chi connectivity index (χ4v) is 3.62. The van der Waals surface area contributed by atoms with Crippen molar-refractivity contribution in [3.63, 3.8) is 0 Å². The summed E-state index contributed by atoms with van der Waals surface area (Å²) in [5, 5.41) is 11.0. The average molecular weight is 355 g/mol. The van der Waals surface area contributed by atoms with Gasteiger partial charge in [0.2, 0.25) is 16.1 Å². The van der Waals surface area contributed by atoms with Crippen molar-refractivity contribution >= 4 is 21.6 Å². The summed E-state index contributed by atoms with van der Waals surface area (Å²) in [6.45, 7) is 3.54. The van der Waals surface area contributed by atoms with E-state index in [0.29, 0.717) is 38.2 Å². The first-order valence-electron chi connectivity index (χ1n) is 7.80. The van der Waals surface area contributed by atoms with Crippen LogP contribution in [0.4, 0.5) is 0 Å². The third-order valence-corrected chi connectivity index (χ3v) is 5.30. The van der Waals surface area contributed by atoms with E-state index in [1.807, 2.05) is 17.7 Å². The zero-order valence-electron chi connectivity index (χ0n) is 13.7. The standard InChI is InChI=1S/C14H21N5O4S/c1-10-6-13(23-17-10)14(20)15-8-11-7-12-9-18(24(2,21)22)4-3-5-19(12)16-11/h7,13H,3-6,8-9H2,1-2H3,(H,15,20)/t13-/m0/s1. The lowest BCUT2D eigenvalue weighted by atomic mass is 10.2. The number of fused-ring (bicyclic) bond motifs is 1. The number of carbonyl (C=O) groups excluding carboxylic acids is 1. The lowest BCUT2D eigenvalue weighted by molar-refractivity contribution is -0.131. The molecule has 0 saturated heterocycles. The summed E-state index contributed by atoms with van der Waals surface area (Å²) in [6, 6.07) is 1.83. The Morgan fingerprint density at radius 1 is 1.46 bits per heavy atom. The minimum atomic E-state index is -3.23. The quantitative estimate of drug-likeness (QED) is 0.807. The zero-order valence-corrected chi connectivity index (χ0v) is 14.5. The van der Waals surface area contributed by atoms with E-state index in [-0.39, 0.29) is 12.5 Å². The smallest absolute Gasteiger partial charge is 0.264 e. The summed E-state index contributed by atoms with van der Waals surface area (Å²) in [7, 11) is -3.23. The Morgan fingerprint density at radius 3 is 2.92 bits per heavy atom. The number of hydrogen-bond acceptors (Lipinski definition) is 6. The molecular weight excluding hydrogens is 334 g/mol. The molecule has 132 valence electrons. The monoisotopic (exact) mass is 355 g/mol. The topological polar surface area (TPSA) is 106 Å². The molecule has 1 amide bonds. The summed E-state index contributed by atoms with van der Waals surface area (Å²) >= 11 is 0. The van der Waals surface area contributed by atoms with Crippen molar-refractivity contribution in [1.82, 2.24) is 19.4 Å². The van der Waals surface area contributed by atoms with E-state index in [9.17, 15) is 13.2 Å². The molecule has 0 bridgehead atoms. The number of aryl methyl sites for hydroxylation is 1. The Morgan fingerprint density at radius 2 is 2.25 bits per heavy atom. The Kier molecular flexibility index (Phi) is 4.59. The molecule has 2 aliphatic rings. The highest BCUT2D eigenvalue weighted by atomic mass is 32.2. The van der Waals surface area contributed by atoms with Gasteiger partial charge in [0.25, 0.3) is 5.91 Å². The van der Waals surface area contributed by atoms with Crippen LogP contribution in [0.2, 0.25) is 0 Å². The molecule has 3 rings (SSSR count). The number of aromatic nitrogens is 2. The van der Waals surface area contributed by atoms with Crippen LogP contribution < -0.4 is 5.32 Å². The molecule has 0 saturated carbocycles. The third kappa shape index (κ3) is 3.75. The number of amides is 1. The maximum absolute atomic E-state index is 12.0. The molecule has 0 aliphatic carbocycles. The van der Waals surface area contributed by atoms with E-state index >= 15 is 0 Å². The first kappa shape index (κ1) is 16.9. The van der Waals surface area contributed by atoms with Crippen LogP contribution in [0.1, 0.15) is 31.2 Å². The molecule has 1 aromatic heterocycles. The number of oxime groups is 1. The van der Waals surface area contributed by atoms with Crippen LogP contribution in [0.3, 0.4) is 0 Å². The molecule has 3 heterocycles. The molecule has 1 aromatic rings. The second-order valence-electron chi connectivity index (χ2n) is 6.14. The minimum Gasteiger partial charge on any atom is -0.382 e. The Hall–Kier alpha value is -1.94. The van der Waals surface area contributed by atoms with Crippen LogP contribution in [-0.4, -0.2) is 53.0 Å². The largest absolute Gasteiger partial charge is 0.382 e. The summed E-state index contributed by atoms with van der Waals surface area (Å²) in [6.07, 6.45) is 1.84. The molecule has 0 unspecified atom stereocenters. The van der Waals surface area contributed by atoms with Gasteiger partial charge in [0.05, 0.1) is 36.4 Å². The number of hydrogen-bond donors (Lipinski definition) is 1. The van der Waals surface area contributed by atoms with Crippen molar-refractivity contribution in [2.24, 2.45) is 5.16 Å². The molecule has 24 heavy (non-hydrogen) atoms. The lowest BCUT2D eigenvalue weighted by Gasteiger charge is -2.16. The molecular formula is C14H21N5O4S. The van der Waals surface area contributed by atoms with Gasteiger partial charge < -0.3 is 10.2 Å². The molecule has 0 aromatic carbocycles. The van der Waals surface area contributed by atoms with Crippen molar-refractivity contribution in [2.45, 2.75) is 45.5 Å². The summed E-state index contributed by atoms with van der Waals surface area (Å²) < 4.78 is 26.8. The highest BCUT2D eigenvalue weighted by molar-refractivity contribution is 7.88. The lowest BCUT2D eigenvalue weighted by Crippen LogP contribution is -2.34. The molecule has 0 fully saturated rings. The van der Waals surface area contributed by atoms with Crippen LogP contribution in [0, 0.1) is 0 Å². The predicted molar refractivity (Wildman–Crippen MR) is 86.5 cm³/mol. The van der Waals surface area contributed by atoms with E-state index < -0.39 is 16.1 Å². The second-order valence-corrected chi connectivity index (χ2v) is 8.13. The van der Waals surface area contributed by atoms with E-state index in [1.54, 1.807) is 0 Å². The van der Waals surface area contributed by atoms with Crippen LogP contribution in [0.15, 0.2) is 11.2 Å². The van der Waals surface area contributed by atoms with E-state index in [2.05, 4.69) is 15.6 Å². The first-order chi connectivity index (χ1) is 11.3. The summed E-state index contributed by atoms with van der Waals surface area (Å²) in [4.78, 5) is 17.1. The van der Waals surface area contributed by atoms with Gasteiger partial charge in [-0.3, -0.25) is 9.48 Å². The number of nitrogens with zero attached hydrogens (tertiary/aromatic N) is 4. The Balaban J connectivity index is 1.62. The van der Waals surface area contributed by atoms with Crippen molar-refractivity contribution in [1.29, 1.82) is 0 Å². The maximum atomic E-state index is 12.0. The normalized spacial score (nSPS) is 21.6. The third-order valence-electron chi connectivity index (χ3n) is 4.05. The fourth-order valence-electron chi connectivity index (χ4n) is 2.79. The molecule has 2 aliphatic heterocycles. The highest BCUT2D eigenvalue weighted by Gasteiger charge is 2.26.